The summed E-state index contributed by atoms with van der Waals surface area (Å²) in [4.78, 5) is 7.42. The minimum Gasteiger partial charge on any atom is -0.279 e. The highest BCUT2D eigenvalue weighted by Crippen LogP contribution is 2.37. The van der Waals surface area contributed by atoms with Crippen LogP contribution >= 0.6 is 0 Å². The average Bonchev–Trinajstić information content (AvgIpc) is 2.78. The Labute approximate surface area is 113 Å². The third-order valence-corrected chi connectivity index (χ3v) is 5.69. The molecule has 2 rings (SSSR count). The van der Waals surface area contributed by atoms with Crippen molar-refractivity contribution in [2.24, 2.45) is 11.8 Å². The zero-order chi connectivity index (χ0) is 13.3. The molecule has 3 nitrogen and oxygen atoms in total. The van der Waals surface area contributed by atoms with Gasteiger partial charge < -0.3 is 0 Å². The molecule has 3 heteroatoms. The molecule has 1 saturated carbocycles. The number of rotatable bonds is 1. The summed E-state index contributed by atoms with van der Waals surface area (Å²) in [5, 5.41) is 0. The number of hydrogen-bond donors (Lipinski definition) is 0. The summed E-state index contributed by atoms with van der Waals surface area (Å²) in [6.07, 6.45) is 7.19. The number of hydrogen-bond acceptors (Lipinski definition) is 3. The third kappa shape index (κ3) is 2.59. The van der Waals surface area contributed by atoms with E-state index in [4.69, 9.17) is 0 Å². The van der Waals surface area contributed by atoms with E-state index in [1.54, 1.807) is 0 Å². The second-order valence-electron chi connectivity index (χ2n) is 6.83. The van der Waals surface area contributed by atoms with Gasteiger partial charge in [0.1, 0.15) is 5.79 Å². The van der Waals surface area contributed by atoms with Gasteiger partial charge in [-0.3, -0.25) is 14.7 Å². The second-order valence-corrected chi connectivity index (χ2v) is 6.83. The predicted octanol–water partition coefficient (Wildman–Crippen LogP) is 2.30. The average molecular weight is 253 g/mol. The Kier molecular flexibility index (Phi) is 4.35. The largest absolute Gasteiger partial charge is 0.279 e. The van der Waals surface area contributed by atoms with E-state index < -0.39 is 0 Å². The quantitative estimate of drug-likeness (QED) is 0.710. The topological polar surface area (TPSA) is 9.72 Å². The van der Waals surface area contributed by atoms with Crippen molar-refractivity contribution in [1.29, 1.82) is 0 Å². The van der Waals surface area contributed by atoms with Gasteiger partial charge in [0, 0.05) is 13.1 Å². The van der Waals surface area contributed by atoms with Crippen LogP contribution < -0.4 is 0 Å². The van der Waals surface area contributed by atoms with Crippen molar-refractivity contribution in [3.63, 3.8) is 0 Å². The SMILES string of the molecule is CN(C)C1(C)N(C)CCC2CCC(CCN1C)C2. The van der Waals surface area contributed by atoms with Gasteiger partial charge in [0.15, 0.2) is 0 Å². The molecule has 0 aromatic heterocycles. The van der Waals surface area contributed by atoms with Gasteiger partial charge in [-0.25, -0.2) is 0 Å². The molecule has 1 aliphatic carbocycles. The van der Waals surface area contributed by atoms with Crippen LogP contribution in [0.25, 0.3) is 0 Å². The summed E-state index contributed by atoms with van der Waals surface area (Å²) < 4.78 is 0. The molecule has 0 N–H and O–H groups in total. The van der Waals surface area contributed by atoms with Gasteiger partial charge >= 0.3 is 0 Å². The zero-order valence-electron chi connectivity index (χ0n) is 12.9. The fourth-order valence-corrected chi connectivity index (χ4v) is 3.85. The Morgan fingerprint density at radius 2 is 1.33 bits per heavy atom. The standard InChI is InChI=1S/C15H31N3/c1-15(16(2)3)17(4)10-8-13-6-7-14(12-13)9-11-18(15)5/h13-14H,6-12H2,1-5H3. The van der Waals surface area contributed by atoms with Gasteiger partial charge in [-0.2, -0.15) is 0 Å². The molecule has 2 unspecified atom stereocenters. The predicted molar refractivity (Wildman–Crippen MR) is 77.4 cm³/mol. The molecular weight excluding hydrogens is 222 g/mol. The Bertz CT molecular complexity index is 257. The Morgan fingerprint density at radius 1 is 0.889 bits per heavy atom. The zero-order valence-corrected chi connectivity index (χ0v) is 12.9. The Morgan fingerprint density at radius 3 is 1.72 bits per heavy atom. The lowest BCUT2D eigenvalue weighted by atomic mass is 9.97. The van der Waals surface area contributed by atoms with Crippen molar-refractivity contribution in [2.45, 2.75) is 44.8 Å². The first-order chi connectivity index (χ1) is 8.44. The summed E-state index contributed by atoms with van der Waals surface area (Å²) in [7, 11) is 8.97. The minimum atomic E-state index is 0.0524. The Balaban J connectivity index is 2.14. The van der Waals surface area contributed by atoms with E-state index >= 15 is 0 Å². The third-order valence-electron chi connectivity index (χ3n) is 5.69. The van der Waals surface area contributed by atoms with Crippen LogP contribution in [0.4, 0.5) is 0 Å². The van der Waals surface area contributed by atoms with Crippen LogP contribution in [0.1, 0.15) is 39.0 Å². The van der Waals surface area contributed by atoms with E-state index in [2.05, 4.69) is 49.8 Å². The summed E-state index contributed by atoms with van der Waals surface area (Å²) in [6.45, 7) is 4.79. The van der Waals surface area contributed by atoms with Crippen LogP contribution in [0.2, 0.25) is 0 Å². The van der Waals surface area contributed by atoms with E-state index in [0.29, 0.717) is 0 Å². The van der Waals surface area contributed by atoms with Crippen LogP contribution in [-0.4, -0.2) is 61.8 Å². The van der Waals surface area contributed by atoms with Gasteiger partial charge in [0.05, 0.1) is 0 Å². The van der Waals surface area contributed by atoms with E-state index in [9.17, 15) is 0 Å². The molecule has 18 heavy (non-hydrogen) atoms. The monoisotopic (exact) mass is 253 g/mol. The highest BCUT2D eigenvalue weighted by Gasteiger charge is 2.38. The molecule has 1 aliphatic heterocycles. The molecule has 2 fully saturated rings. The second kappa shape index (κ2) is 5.48. The van der Waals surface area contributed by atoms with Gasteiger partial charge in [0.2, 0.25) is 0 Å². The maximum absolute atomic E-state index is 2.53. The van der Waals surface area contributed by atoms with Crippen LogP contribution in [0.15, 0.2) is 0 Å². The molecule has 2 bridgehead atoms. The number of nitrogens with zero attached hydrogens (tertiary/aromatic N) is 3. The van der Waals surface area contributed by atoms with E-state index in [-0.39, 0.29) is 5.79 Å². The summed E-state index contributed by atoms with van der Waals surface area (Å²) in [6, 6.07) is 0. The van der Waals surface area contributed by atoms with Crippen LogP contribution in [0, 0.1) is 11.8 Å². The highest BCUT2D eigenvalue weighted by molar-refractivity contribution is 4.85. The fourth-order valence-electron chi connectivity index (χ4n) is 3.85. The molecule has 2 atom stereocenters. The lowest BCUT2D eigenvalue weighted by Crippen LogP contribution is -2.64. The lowest BCUT2D eigenvalue weighted by Gasteiger charge is -2.50. The van der Waals surface area contributed by atoms with E-state index in [1.807, 2.05) is 0 Å². The van der Waals surface area contributed by atoms with Crippen molar-refractivity contribution in [3.8, 4) is 0 Å². The van der Waals surface area contributed by atoms with Gasteiger partial charge in [-0.1, -0.05) is 12.8 Å². The molecule has 0 aromatic rings. The van der Waals surface area contributed by atoms with Gasteiger partial charge in [-0.05, 0) is 66.2 Å². The van der Waals surface area contributed by atoms with Gasteiger partial charge in [0.25, 0.3) is 0 Å². The molecule has 0 spiro atoms. The molecule has 0 radical (unpaired) electrons. The van der Waals surface area contributed by atoms with Crippen molar-refractivity contribution in [1.82, 2.24) is 14.7 Å². The van der Waals surface area contributed by atoms with Crippen LogP contribution in [0.5, 0.6) is 0 Å². The van der Waals surface area contributed by atoms with E-state index in [0.717, 1.165) is 11.8 Å². The first-order valence-corrected chi connectivity index (χ1v) is 7.54. The normalized spacial score (nSPS) is 40.3. The summed E-state index contributed by atoms with van der Waals surface area (Å²) in [5.41, 5.74) is 0. The van der Waals surface area contributed by atoms with E-state index in [1.165, 1.54) is 45.2 Å². The van der Waals surface area contributed by atoms with Crippen LogP contribution in [0.3, 0.4) is 0 Å². The maximum Gasteiger partial charge on any atom is 0.127 e. The van der Waals surface area contributed by atoms with Crippen molar-refractivity contribution in [3.05, 3.63) is 0 Å². The molecule has 0 aromatic carbocycles. The summed E-state index contributed by atoms with van der Waals surface area (Å²) >= 11 is 0. The Hall–Kier alpha value is -0.120. The molecule has 1 heterocycles. The first kappa shape index (κ1) is 14.3. The summed E-state index contributed by atoms with van der Waals surface area (Å²) in [5.74, 6) is 2.04. The lowest BCUT2D eigenvalue weighted by molar-refractivity contribution is -0.120. The molecule has 1 saturated heterocycles. The molecular formula is C15H31N3. The number of fused-ring (bicyclic) bond motifs is 2. The van der Waals surface area contributed by atoms with Crippen molar-refractivity contribution in [2.75, 3.05) is 41.3 Å². The fraction of sp³-hybridized carbons (Fsp3) is 1.00. The van der Waals surface area contributed by atoms with Crippen LogP contribution in [-0.2, 0) is 0 Å². The molecule has 106 valence electrons. The maximum atomic E-state index is 2.53. The first-order valence-electron chi connectivity index (χ1n) is 7.54. The van der Waals surface area contributed by atoms with Crippen molar-refractivity contribution >= 4 is 0 Å². The highest BCUT2D eigenvalue weighted by atomic mass is 15.5. The molecule has 0 amide bonds. The van der Waals surface area contributed by atoms with Gasteiger partial charge in [-0.15, -0.1) is 0 Å². The minimum absolute atomic E-state index is 0.0524. The smallest absolute Gasteiger partial charge is 0.127 e. The molecule has 2 aliphatic rings. The van der Waals surface area contributed by atoms with Crippen molar-refractivity contribution < 1.29 is 0 Å².